The number of carbonyl (C=O) groups excluding carboxylic acids is 1. The van der Waals surface area contributed by atoms with Gasteiger partial charge in [-0.2, -0.15) is 0 Å². The van der Waals surface area contributed by atoms with Gasteiger partial charge >= 0.3 is 0 Å². The van der Waals surface area contributed by atoms with Crippen molar-refractivity contribution in [2.24, 2.45) is 5.73 Å². The second kappa shape index (κ2) is 5.82. The predicted molar refractivity (Wildman–Crippen MR) is 75.5 cm³/mol. The van der Waals surface area contributed by atoms with Crippen molar-refractivity contribution in [3.63, 3.8) is 0 Å². The zero-order valence-corrected chi connectivity index (χ0v) is 12.1. The van der Waals surface area contributed by atoms with Gasteiger partial charge < -0.3 is 15.5 Å². The first kappa shape index (κ1) is 13.5. The molecule has 18 heavy (non-hydrogen) atoms. The van der Waals surface area contributed by atoms with Gasteiger partial charge in [-0.15, -0.1) is 0 Å². The van der Waals surface area contributed by atoms with E-state index in [1.807, 2.05) is 29.2 Å². The molecule has 1 heterocycles. The van der Waals surface area contributed by atoms with E-state index in [-0.39, 0.29) is 11.9 Å². The fourth-order valence-electron chi connectivity index (χ4n) is 2.27. The quantitative estimate of drug-likeness (QED) is 0.892. The van der Waals surface area contributed by atoms with E-state index in [2.05, 4.69) is 27.9 Å². The highest BCUT2D eigenvalue weighted by Crippen LogP contribution is 2.20. The molecule has 1 aliphatic heterocycles. The molecule has 0 spiro atoms. The number of nitrogens with two attached hydrogens (primary N) is 1. The van der Waals surface area contributed by atoms with Gasteiger partial charge in [-0.1, -0.05) is 12.1 Å². The Kier molecular flexibility index (Phi) is 4.37. The maximum atomic E-state index is 12.5. The normalized spacial score (nSPS) is 21.1. The molecule has 1 aromatic rings. The molecule has 4 nitrogen and oxygen atoms in total. The van der Waals surface area contributed by atoms with Crippen LogP contribution in [0.25, 0.3) is 0 Å². The van der Waals surface area contributed by atoms with E-state index < -0.39 is 0 Å². The van der Waals surface area contributed by atoms with Crippen LogP contribution >= 0.6 is 15.9 Å². The molecule has 0 saturated carbocycles. The molecule has 2 rings (SSSR count). The molecule has 1 amide bonds. The fraction of sp³-hybridized carbons (Fsp3) is 0.462. The predicted octanol–water partition coefficient (Wildman–Crippen LogP) is 1.16. The Labute approximate surface area is 116 Å². The van der Waals surface area contributed by atoms with Crippen molar-refractivity contribution >= 4 is 21.8 Å². The number of halogens is 1. The Bertz CT molecular complexity index is 438. The average Bonchev–Trinajstić information content (AvgIpc) is 2.38. The topological polar surface area (TPSA) is 49.6 Å². The third kappa shape index (κ3) is 2.74. The van der Waals surface area contributed by atoms with Crippen LogP contribution in [-0.4, -0.2) is 55.0 Å². The largest absolute Gasteiger partial charge is 0.332 e. The van der Waals surface area contributed by atoms with Crippen molar-refractivity contribution in [2.75, 3.05) is 33.2 Å². The van der Waals surface area contributed by atoms with Gasteiger partial charge in [-0.25, -0.2) is 0 Å². The number of nitrogens with zero attached hydrogens (tertiary/aromatic N) is 2. The van der Waals surface area contributed by atoms with Crippen molar-refractivity contribution in [1.29, 1.82) is 0 Å². The number of rotatable bonds is 2. The van der Waals surface area contributed by atoms with E-state index >= 15 is 0 Å². The lowest BCUT2D eigenvalue weighted by atomic mass is 10.1. The highest BCUT2D eigenvalue weighted by Gasteiger charge is 2.29. The van der Waals surface area contributed by atoms with Crippen LogP contribution in [0.5, 0.6) is 0 Å². The molecule has 1 aliphatic rings. The van der Waals surface area contributed by atoms with Gasteiger partial charge in [0, 0.05) is 30.7 Å². The molecule has 1 atom stereocenters. The standard InChI is InChI=1S/C13H18BrN3O/c1-16-6-7-17(10(8-15)9-16)13(18)11-4-2-3-5-12(11)14/h2-5,10H,6-9,15H2,1H3. The lowest BCUT2D eigenvalue weighted by molar-refractivity contribution is 0.0515. The van der Waals surface area contributed by atoms with Crippen LogP contribution < -0.4 is 5.73 Å². The minimum absolute atomic E-state index is 0.0611. The van der Waals surface area contributed by atoms with E-state index in [0.29, 0.717) is 12.1 Å². The molecular weight excluding hydrogens is 294 g/mol. The molecule has 1 fully saturated rings. The van der Waals surface area contributed by atoms with E-state index in [4.69, 9.17) is 5.73 Å². The molecule has 1 unspecified atom stereocenters. The third-order valence-electron chi connectivity index (χ3n) is 3.32. The Morgan fingerprint density at radius 3 is 2.83 bits per heavy atom. The minimum Gasteiger partial charge on any atom is -0.332 e. The van der Waals surface area contributed by atoms with Crippen molar-refractivity contribution < 1.29 is 4.79 Å². The number of amides is 1. The van der Waals surface area contributed by atoms with Crippen molar-refractivity contribution in [3.05, 3.63) is 34.3 Å². The van der Waals surface area contributed by atoms with Gasteiger partial charge in [-0.05, 0) is 35.1 Å². The number of hydrogen-bond donors (Lipinski definition) is 1. The van der Waals surface area contributed by atoms with Gasteiger partial charge in [0.05, 0.1) is 11.6 Å². The lowest BCUT2D eigenvalue weighted by Gasteiger charge is -2.39. The first-order valence-corrected chi connectivity index (χ1v) is 6.87. The average molecular weight is 312 g/mol. The number of benzene rings is 1. The van der Waals surface area contributed by atoms with E-state index in [1.165, 1.54) is 0 Å². The number of piperazine rings is 1. The molecule has 0 aromatic heterocycles. The number of carbonyl (C=O) groups is 1. The van der Waals surface area contributed by atoms with Gasteiger partial charge in [-0.3, -0.25) is 4.79 Å². The molecular formula is C13H18BrN3O. The van der Waals surface area contributed by atoms with Gasteiger partial charge in [0.15, 0.2) is 0 Å². The molecule has 98 valence electrons. The first-order valence-electron chi connectivity index (χ1n) is 6.07. The Hall–Kier alpha value is -0.910. The summed E-state index contributed by atoms with van der Waals surface area (Å²) in [6.07, 6.45) is 0. The van der Waals surface area contributed by atoms with E-state index in [0.717, 1.165) is 24.1 Å². The summed E-state index contributed by atoms with van der Waals surface area (Å²) in [6, 6.07) is 7.62. The highest BCUT2D eigenvalue weighted by atomic mass is 79.9. The summed E-state index contributed by atoms with van der Waals surface area (Å²) in [5.74, 6) is 0.0611. The Balaban J connectivity index is 2.20. The lowest BCUT2D eigenvalue weighted by Crippen LogP contribution is -2.56. The van der Waals surface area contributed by atoms with Crippen LogP contribution in [0.3, 0.4) is 0 Å². The summed E-state index contributed by atoms with van der Waals surface area (Å²) in [4.78, 5) is 16.6. The summed E-state index contributed by atoms with van der Waals surface area (Å²) in [6.45, 7) is 2.97. The summed E-state index contributed by atoms with van der Waals surface area (Å²) < 4.78 is 0.838. The molecule has 1 saturated heterocycles. The zero-order chi connectivity index (χ0) is 13.1. The maximum Gasteiger partial charge on any atom is 0.255 e. The summed E-state index contributed by atoms with van der Waals surface area (Å²) in [5.41, 5.74) is 6.49. The van der Waals surface area contributed by atoms with Crippen molar-refractivity contribution in [3.8, 4) is 0 Å². The van der Waals surface area contributed by atoms with Gasteiger partial charge in [0.25, 0.3) is 5.91 Å². The first-order chi connectivity index (χ1) is 8.63. The fourth-order valence-corrected chi connectivity index (χ4v) is 2.72. The second-order valence-corrected chi connectivity index (χ2v) is 5.48. The van der Waals surface area contributed by atoms with Crippen LogP contribution in [0, 0.1) is 0 Å². The summed E-state index contributed by atoms with van der Waals surface area (Å²) >= 11 is 3.43. The third-order valence-corrected chi connectivity index (χ3v) is 4.01. The molecule has 2 N–H and O–H groups in total. The maximum absolute atomic E-state index is 12.5. The molecule has 1 aromatic carbocycles. The zero-order valence-electron chi connectivity index (χ0n) is 10.5. The Morgan fingerprint density at radius 1 is 1.44 bits per heavy atom. The monoisotopic (exact) mass is 311 g/mol. The van der Waals surface area contributed by atoms with Crippen LogP contribution in [0.1, 0.15) is 10.4 Å². The van der Waals surface area contributed by atoms with Gasteiger partial charge in [0.2, 0.25) is 0 Å². The van der Waals surface area contributed by atoms with Gasteiger partial charge in [0.1, 0.15) is 0 Å². The summed E-state index contributed by atoms with van der Waals surface area (Å²) in [5, 5.41) is 0. The van der Waals surface area contributed by atoms with Crippen LogP contribution in [0.4, 0.5) is 0 Å². The van der Waals surface area contributed by atoms with Crippen LogP contribution in [0.2, 0.25) is 0 Å². The molecule has 0 radical (unpaired) electrons. The highest BCUT2D eigenvalue weighted by molar-refractivity contribution is 9.10. The van der Waals surface area contributed by atoms with Crippen molar-refractivity contribution in [2.45, 2.75) is 6.04 Å². The molecule has 5 heteroatoms. The summed E-state index contributed by atoms with van der Waals surface area (Å²) in [7, 11) is 2.06. The second-order valence-electron chi connectivity index (χ2n) is 4.63. The van der Waals surface area contributed by atoms with Crippen molar-refractivity contribution in [1.82, 2.24) is 9.80 Å². The number of hydrogen-bond acceptors (Lipinski definition) is 3. The van der Waals surface area contributed by atoms with E-state index in [1.54, 1.807) is 0 Å². The Morgan fingerprint density at radius 2 is 2.17 bits per heavy atom. The minimum atomic E-state index is 0.0611. The van der Waals surface area contributed by atoms with Crippen LogP contribution in [0.15, 0.2) is 28.7 Å². The SMILES string of the molecule is CN1CCN(C(=O)c2ccccc2Br)C(CN)C1. The smallest absolute Gasteiger partial charge is 0.255 e. The molecule has 0 aliphatic carbocycles. The molecule has 0 bridgehead atoms. The van der Waals surface area contributed by atoms with Crippen LogP contribution in [-0.2, 0) is 0 Å². The van der Waals surface area contributed by atoms with E-state index in [9.17, 15) is 4.79 Å². The number of likely N-dealkylation sites (N-methyl/N-ethyl adjacent to an activating group) is 1.